The van der Waals surface area contributed by atoms with Crippen molar-refractivity contribution in [2.45, 2.75) is 25.1 Å². The first-order valence-electron chi connectivity index (χ1n) is 10.1. The molecule has 11 heteroatoms. The topological polar surface area (TPSA) is 77.2 Å². The van der Waals surface area contributed by atoms with Gasteiger partial charge in [0.2, 0.25) is 5.91 Å². The van der Waals surface area contributed by atoms with Crippen molar-refractivity contribution in [3.8, 4) is 0 Å². The summed E-state index contributed by atoms with van der Waals surface area (Å²) in [5.74, 6) is 0.596. The Bertz CT molecular complexity index is 1120. The highest BCUT2D eigenvalue weighted by Crippen LogP contribution is 2.33. The third-order valence-corrected chi connectivity index (χ3v) is 5.85. The fourth-order valence-corrected chi connectivity index (χ4v) is 4.19. The number of benzene rings is 1. The van der Waals surface area contributed by atoms with Crippen LogP contribution in [0.3, 0.4) is 0 Å². The van der Waals surface area contributed by atoms with E-state index in [1.165, 1.54) is 12.4 Å². The van der Waals surface area contributed by atoms with Crippen molar-refractivity contribution in [2.24, 2.45) is 0 Å². The number of fused-ring (bicyclic) bond motifs is 1. The summed E-state index contributed by atoms with van der Waals surface area (Å²) in [6.45, 7) is 0.970. The molecule has 4 rings (SSSR count). The van der Waals surface area contributed by atoms with Gasteiger partial charge in [-0.05, 0) is 37.1 Å². The lowest BCUT2D eigenvalue weighted by atomic mass is 10.0. The van der Waals surface area contributed by atoms with Crippen LogP contribution in [0.5, 0.6) is 0 Å². The van der Waals surface area contributed by atoms with Gasteiger partial charge in [-0.2, -0.15) is 13.2 Å². The molecular formula is C21H22ClF3N6O. The van der Waals surface area contributed by atoms with Crippen LogP contribution in [0.15, 0.2) is 36.8 Å². The fraction of sp³-hybridized carbons (Fsp3) is 0.381. The van der Waals surface area contributed by atoms with Crippen molar-refractivity contribution < 1.29 is 18.0 Å². The van der Waals surface area contributed by atoms with Gasteiger partial charge in [-0.15, -0.1) is 0 Å². The molecule has 1 saturated heterocycles. The lowest BCUT2D eigenvalue weighted by Gasteiger charge is -2.38. The number of carbonyl (C=O) groups is 1. The predicted molar refractivity (Wildman–Crippen MR) is 117 cm³/mol. The largest absolute Gasteiger partial charge is 0.416 e. The molecule has 170 valence electrons. The molecule has 3 heterocycles. The summed E-state index contributed by atoms with van der Waals surface area (Å²) < 4.78 is 39.0. The van der Waals surface area contributed by atoms with Crippen LogP contribution in [-0.2, 0) is 11.0 Å². The predicted octanol–water partition coefficient (Wildman–Crippen LogP) is 4.17. The normalized spacial score (nSPS) is 16.9. The molecule has 2 N–H and O–H groups in total. The van der Waals surface area contributed by atoms with E-state index >= 15 is 0 Å². The van der Waals surface area contributed by atoms with Crippen LogP contribution in [-0.4, -0.2) is 58.5 Å². The van der Waals surface area contributed by atoms with Crippen LogP contribution in [0.2, 0.25) is 5.02 Å². The van der Waals surface area contributed by atoms with E-state index in [2.05, 4.69) is 25.2 Å². The highest BCUT2D eigenvalue weighted by molar-refractivity contribution is 6.31. The van der Waals surface area contributed by atoms with Crippen molar-refractivity contribution in [1.82, 2.24) is 19.9 Å². The number of alkyl halides is 3. The second-order valence-corrected chi connectivity index (χ2v) is 8.20. The molecule has 1 aromatic carbocycles. The Morgan fingerprint density at radius 2 is 2.16 bits per heavy atom. The zero-order chi connectivity index (χ0) is 22.9. The molecule has 1 amide bonds. The first kappa shape index (κ1) is 22.2. The SMILES string of the molecule is CN(c1ncnc2[nH]ccc12)[C@H]1CCCN(C(=O)CNc2cc(Cl)cc(C(F)(F)F)c2)C1. The second kappa shape index (κ2) is 8.85. The maximum atomic E-state index is 13.0. The summed E-state index contributed by atoms with van der Waals surface area (Å²) in [5, 5.41) is 3.64. The maximum absolute atomic E-state index is 13.0. The number of piperidine rings is 1. The summed E-state index contributed by atoms with van der Waals surface area (Å²) in [7, 11) is 1.94. The highest BCUT2D eigenvalue weighted by Gasteiger charge is 2.31. The van der Waals surface area contributed by atoms with Crippen molar-refractivity contribution in [3.63, 3.8) is 0 Å². The summed E-state index contributed by atoms with van der Waals surface area (Å²) in [5.41, 5.74) is 0.0368. The van der Waals surface area contributed by atoms with Crippen molar-refractivity contribution in [3.05, 3.63) is 47.4 Å². The second-order valence-electron chi connectivity index (χ2n) is 7.76. The van der Waals surface area contributed by atoms with E-state index in [0.717, 1.165) is 41.8 Å². The molecule has 1 aliphatic rings. The van der Waals surface area contributed by atoms with E-state index in [-0.39, 0.29) is 29.2 Å². The number of rotatable bonds is 5. The Kier molecular flexibility index (Phi) is 6.14. The number of nitrogens with one attached hydrogen (secondary N) is 2. The minimum Gasteiger partial charge on any atom is -0.376 e. The summed E-state index contributed by atoms with van der Waals surface area (Å²) in [6, 6.07) is 5.14. The summed E-state index contributed by atoms with van der Waals surface area (Å²) >= 11 is 5.81. The molecule has 7 nitrogen and oxygen atoms in total. The standard InChI is InChI=1S/C21H22ClF3N6O/c1-30(20-17-4-5-26-19(17)28-12-29-20)16-3-2-6-31(11-16)18(32)10-27-15-8-13(21(23,24)25)7-14(22)9-15/h4-5,7-9,12,16,27H,2-3,6,10-11H2,1H3,(H,26,28,29)/t16-/m0/s1. The number of likely N-dealkylation sites (N-methyl/N-ethyl adjacent to an activating group) is 1. The Balaban J connectivity index is 1.41. The lowest BCUT2D eigenvalue weighted by molar-refractivity contribution is -0.137. The third kappa shape index (κ3) is 4.74. The third-order valence-electron chi connectivity index (χ3n) is 5.63. The van der Waals surface area contributed by atoms with Gasteiger partial charge < -0.3 is 20.1 Å². The zero-order valence-corrected chi connectivity index (χ0v) is 18.0. The Hall–Kier alpha value is -3.01. The fourth-order valence-electron chi connectivity index (χ4n) is 3.95. The van der Waals surface area contributed by atoms with Crippen LogP contribution in [0.25, 0.3) is 11.0 Å². The van der Waals surface area contributed by atoms with Gasteiger partial charge in [0, 0.05) is 43.1 Å². The monoisotopic (exact) mass is 466 g/mol. The van der Waals surface area contributed by atoms with Gasteiger partial charge in [0.1, 0.15) is 17.8 Å². The lowest BCUT2D eigenvalue weighted by Crippen LogP contribution is -2.50. The molecule has 3 aromatic rings. The van der Waals surface area contributed by atoms with Crippen LogP contribution >= 0.6 is 11.6 Å². The molecule has 0 unspecified atom stereocenters. The van der Waals surface area contributed by atoms with Crippen LogP contribution in [0.4, 0.5) is 24.7 Å². The van der Waals surface area contributed by atoms with Gasteiger partial charge in [-0.25, -0.2) is 9.97 Å². The number of aromatic nitrogens is 3. The molecule has 32 heavy (non-hydrogen) atoms. The Morgan fingerprint density at radius 3 is 2.94 bits per heavy atom. The maximum Gasteiger partial charge on any atom is 0.416 e. The molecule has 2 aromatic heterocycles. The number of aromatic amines is 1. The molecule has 1 aliphatic heterocycles. The highest BCUT2D eigenvalue weighted by atomic mass is 35.5. The number of amides is 1. The first-order valence-corrected chi connectivity index (χ1v) is 10.5. The molecule has 0 spiro atoms. The number of halogens is 4. The Labute approximate surface area is 187 Å². The zero-order valence-electron chi connectivity index (χ0n) is 17.3. The van der Waals surface area contributed by atoms with E-state index in [9.17, 15) is 18.0 Å². The number of hydrogen-bond donors (Lipinski definition) is 2. The van der Waals surface area contributed by atoms with E-state index in [1.807, 2.05) is 13.1 Å². The molecular weight excluding hydrogens is 445 g/mol. The average Bonchev–Trinajstić information content (AvgIpc) is 3.25. The van der Waals surface area contributed by atoms with Crippen LogP contribution in [0, 0.1) is 0 Å². The number of anilines is 2. The minimum absolute atomic E-state index is 0.0460. The van der Waals surface area contributed by atoms with Gasteiger partial charge in [-0.1, -0.05) is 11.6 Å². The molecule has 1 fully saturated rings. The van der Waals surface area contributed by atoms with E-state index in [1.54, 1.807) is 11.1 Å². The van der Waals surface area contributed by atoms with Crippen molar-refractivity contribution >= 4 is 40.0 Å². The van der Waals surface area contributed by atoms with Crippen LogP contribution in [0.1, 0.15) is 18.4 Å². The molecule has 0 bridgehead atoms. The molecule has 1 atom stereocenters. The van der Waals surface area contributed by atoms with Crippen molar-refractivity contribution in [1.29, 1.82) is 0 Å². The number of carbonyl (C=O) groups excluding carboxylic acids is 1. The Morgan fingerprint density at radius 1 is 1.34 bits per heavy atom. The van der Waals surface area contributed by atoms with E-state index in [4.69, 9.17) is 11.6 Å². The minimum atomic E-state index is -4.51. The first-order chi connectivity index (χ1) is 15.2. The summed E-state index contributed by atoms with van der Waals surface area (Å²) in [4.78, 5) is 28.2. The number of H-pyrrole nitrogens is 1. The van der Waals surface area contributed by atoms with Crippen LogP contribution < -0.4 is 10.2 Å². The van der Waals surface area contributed by atoms with E-state index < -0.39 is 11.7 Å². The molecule has 0 radical (unpaired) electrons. The molecule has 0 saturated carbocycles. The van der Waals surface area contributed by atoms with Gasteiger partial charge in [-0.3, -0.25) is 4.79 Å². The van der Waals surface area contributed by atoms with E-state index in [0.29, 0.717) is 13.1 Å². The average molecular weight is 467 g/mol. The summed E-state index contributed by atoms with van der Waals surface area (Å²) in [6.07, 6.45) is 0.506. The number of hydrogen-bond acceptors (Lipinski definition) is 5. The van der Waals surface area contributed by atoms with Gasteiger partial charge in [0.25, 0.3) is 0 Å². The smallest absolute Gasteiger partial charge is 0.376 e. The quantitative estimate of drug-likeness (QED) is 0.590. The number of nitrogens with zero attached hydrogens (tertiary/aromatic N) is 4. The van der Waals surface area contributed by atoms with Crippen molar-refractivity contribution in [2.75, 3.05) is 36.9 Å². The van der Waals surface area contributed by atoms with Gasteiger partial charge in [0.05, 0.1) is 17.5 Å². The molecule has 0 aliphatic carbocycles. The number of likely N-dealkylation sites (tertiary alicyclic amines) is 1. The van der Waals surface area contributed by atoms with Gasteiger partial charge >= 0.3 is 6.18 Å². The van der Waals surface area contributed by atoms with Gasteiger partial charge in [0.15, 0.2) is 0 Å².